The number of methoxy groups -OCH3 is 1. The molecule has 0 saturated carbocycles. The Labute approximate surface area is 158 Å². The van der Waals surface area contributed by atoms with Crippen LogP contribution in [0.3, 0.4) is 0 Å². The standard InChI is InChI=1S/C21H23N3O3/c1-27-18-9-7-16(8-10-18)22-11-13-23(14-12-22)19-15-20(25)24(21(19)26)17-5-3-2-4-6-17/h2-10,19H,11-15H2,1H3/p+1/t19-/m0/s1. The Balaban J connectivity index is 1.41. The van der Waals surface area contributed by atoms with Gasteiger partial charge < -0.3 is 14.5 Å². The van der Waals surface area contributed by atoms with Crippen molar-refractivity contribution in [1.29, 1.82) is 0 Å². The first-order chi connectivity index (χ1) is 13.2. The molecule has 0 radical (unpaired) electrons. The molecule has 2 saturated heterocycles. The van der Waals surface area contributed by atoms with Crippen LogP contribution < -0.4 is 19.4 Å². The third-order valence-electron chi connectivity index (χ3n) is 5.50. The number of ether oxygens (including phenoxy) is 1. The van der Waals surface area contributed by atoms with Crippen molar-refractivity contribution >= 4 is 23.2 Å². The second-order valence-corrected chi connectivity index (χ2v) is 7.00. The molecule has 0 spiro atoms. The van der Waals surface area contributed by atoms with E-state index in [1.807, 2.05) is 42.5 Å². The van der Waals surface area contributed by atoms with Gasteiger partial charge >= 0.3 is 0 Å². The minimum Gasteiger partial charge on any atom is -0.497 e. The maximum absolute atomic E-state index is 12.9. The number of amides is 2. The van der Waals surface area contributed by atoms with Gasteiger partial charge in [0.25, 0.3) is 5.91 Å². The van der Waals surface area contributed by atoms with Gasteiger partial charge in [0.1, 0.15) is 5.75 Å². The molecular formula is C21H24N3O3+. The zero-order valence-electron chi connectivity index (χ0n) is 15.4. The molecule has 27 heavy (non-hydrogen) atoms. The van der Waals surface area contributed by atoms with Crippen LogP contribution in [0.15, 0.2) is 54.6 Å². The lowest BCUT2D eigenvalue weighted by Crippen LogP contribution is -3.19. The zero-order valence-corrected chi connectivity index (χ0v) is 15.4. The summed E-state index contributed by atoms with van der Waals surface area (Å²) in [5, 5.41) is 0. The van der Waals surface area contributed by atoms with Crippen LogP contribution >= 0.6 is 0 Å². The number of nitrogens with one attached hydrogen (secondary N) is 1. The summed E-state index contributed by atoms with van der Waals surface area (Å²) in [5.74, 6) is 0.680. The number of carbonyl (C=O) groups is 2. The molecule has 1 N–H and O–H groups in total. The van der Waals surface area contributed by atoms with Gasteiger partial charge in [0.05, 0.1) is 45.4 Å². The van der Waals surface area contributed by atoms with Gasteiger partial charge in [-0.3, -0.25) is 9.59 Å². The highest BCUT2D eigenvalue weighted by Crippen LogP contribution is 2.22. The summed E-state index contributed by atoms with van der Waals surface area (Å²) < 4.78 is 5.21. The van der Waals surface area contributed by atoms with Gasteiger partial charge in [0, 0.05) is 5.69 Å². The van der Waals surface area contributed by atoms with Gasteiger partial charge in [-0.15, -0.1) is 0 Å². The summed E-state index contributed by atoms with van der Waals surface area (Å²) in [5.41, 5.74) is 1.83. The molecule has 0 bridgehead atoms. The number of hydrogen-bond donors (Lipinski definition) is 1. The quantitative estimate of drug-likeness (QED) is 0.811. The van der Waals surface area contributed by atoms with E-state index in [1.54, 1.807) is 7.11 Å². The van der Waals surface area contributed by atoms with E-state index >= 15 is 0 Å². The number of para-hydroxylation sites is 1. The Morgan fingerprint density at radius 1 is 0.926 bits per heavy atom. The maximum Gasteiger partial charge on any atom is 0.292 e. The summed E-state index contributed by atoms with van der Waals surface area (Å²) >= 11 is 0. The molecule has 2 aliphatic rings. The van der Waals surface area contributed by atoms with Crippen LogP contribution in [0.1, 0.15) is 6.42 Å². The molecule has 4 rings (SSSR count). The van der Waals surface area contributed by atoms with Gasteiger partial charge in [-0.2, -0.15) is 0 Å². The van der Waals surface area contributed by atoms with Gasteiger partial charge in [-0.25, -0.2) is 4.90 Å². The number of anilines is 2. The van der Waals surface area contributed by atoms with Crippen molar-refractivity contribution in [2.24, 2.45) is 0 Å². The molecule has 0 aromatic heterocycles. The van der Waals surface area contributed by atoms with Crippen LogP contribution in [0.2, 0.25) is 0 Å². The van der Waals surface area contributed by atoms with E-state index in [-0.39, 0.29) is 17.9 Å². The van der Waals surface area contributed by atoms with E-state index in [1.165, 1.54) is 9.80 Å². The van der Waals surface area contributed by atoms with Crippen molar-refractivity contribution < 1.29 is 19.2 Å². The van der Waals surface area contributed by atoms with E-state index < -0.39 is 0 Å². The predicted octanol–water partition coefficient (Wildman–Crippen LogP) is 0.732. The number of quaternary nitrogens is 1. The second kappa shape index (κ2) is 7.40. The third kappa shape index (κ3) is 3.40. The fourth-order valence-electron chi connectivity index (χ4n) is 3.99. The van der Waals surface area contributed by atoms with E-state index in [9.17, 15) is 9.59 Å². The Kier molecular flexibility index (Phi) is 4.81. The number of nitrogens with zero attached hydrogens (tertiary/aromatic N) is 2. The lowest BCUT2D eigenvalue weighted by atomic mass is 10.1. The first-order valence-corrected chi connectivity index (χ1v) is 9.33. The minimum absolute atomic E-state index is 0.0703. The van der Waals surface area contributed by atoms with Crippen molar-refractivity contribution in [2.45, 2.75) is 12.5 Å². The number of carbonyl (C=O) groups excluding carboxylic acids is 2. The summed E-state index contributed by atoms with van der Waals surface area (Å²) in [6.07, 6.45) is 0.297. The Morgan fingerprint density at radius 2 is 1.59 bits per heavy atom. The summed E-state index contributed by atoms with van der Waals surface area (Å²) in [6.45, 7) is 3.42. The second-order valence-electron chi connectivity index (χ2n) is 7.00. The average molecular weight is 366 g/mol. The lowest BCUT2D eigenvalue weighted by Gasteiger charge is -2.35. The van der Waals surface area contributed by atoms with Crippen LogP contribution in [0.4, 0.5) is 11.4 Å². The van der Waals surface area contributed by atoms with Crippen molar-refractivity contribution in [2.75, 3.05) is 43.1 Å². The molecule has 2 amide bonds. The highest BCUT2D eigenvalue weighted by Gasteiger charge is 2.46. The van der Waals surface area contributed by atoms with Crippen LogP contribution in [-0.2, 0) is 9.59 Å². The molecule has 2 aliphatic heterocycles. The third-order valence-corrected chi connectivity index (χ3v) is 5.50. The van der Waals surface area contributed by atoms with Crippen molar-refractivity contribution in [3.63, 3.8) is 0 Å². The van der Waals surface area contributed by atoms with Crippen LogP contribution in [0.25, 0.3) is 0 Å². The zero-order chi connectivity index (χ0) is 18.8. The first kappa shape index (κ1) is 17.5. The fourth-order valence-corrected chi connectivity index (χ4v) is 3.99. The number of rotatable bonds is 4. The maximum atomic E-state index is 12.9. The normalized spacial score (nSPS) is 21.0. The van der Waals surface area contributed by atoms with Crippen molar-refractivity contribution in [3.8, 4) is 5.75 Å². The Hall–Kier alpha value is -2.86. The average Bonchev–Trinajstić information content (AvgIpc) is 3.03. The fraction of sp³-hybridized carbons (Fsp3) is 0.333. The minimum atomic E-state index is -0.268. The molecule has 2 fully saturated rings. The van der Waals surface area contributed by atoms with Gasteiger partial charge in [0.15, 0.2) is 6.04 Å². The summed E-state index contributed by atoms with van der Waals surface area (Å²) in [4.78, 5) is 30.2. The molecule has 1 atom stereocenters. The van der Waals surface area contributed by atoms with E-state index in [0.29, 0.717) is 12.1 Å². The molecule has 0 aliphatic carbocycles. The molecular weight excluding hydrogens is 342 g/mol. The van der Waals surface area contributed by atoms with E-state index in [0.717, 1.165) is 37.6 Å². The monoisotopic (exact) mass is 366 g/mol. The molecule has 0 unspecified atom stereocenters. The highest BCUT2D eigenvalue weighted by molar-refractivity contribution is 6.21. The number of hydrogen-bond acceptors (Lipinski definition) is 4. The smallest absolute Gasteiger partial charge is 0.292 e. The summed E-state index contributed by atoms with van der Waals surface area (Å²) in [7, 11) is 1.66. The topological polar surface area (TPSA) is 54.3 Å². The number of piperazine rings is 1. The first-order valence-electron chi connectivity index (χ1n) is 9.33. The van der Waals surface area contributed by atoms with Gasteiger partial charge in [-0.05, 0) is 36.4 Å². The molecule has 2 aromatic rings. The van der Waals surface area contributed by atoms with Crippen molar-refractivity contribution in [3.05, 3.63) is 54.6 Å². The van der Waals surface area contributed by atoms with E-state index in [4.69, 9.17) is 4.74 Å². The molecule has 6 heteroatoms. The number of benzene rings is 2. The van der Waals surface area contributed by atoms with Crippen LogP contribution in [-0.4, -0.2) is 51.1 Å². The molecule has 6 nitrogen and oxygen atoms in total. The van der Waals surface area contributed by atoms with Gasteiger partial charge in [-0.1, -0.05) is 18.2 Å². The number of imide groups is 1. The lowest BCUT2D eigenvalue weighted by molar-refractivity contribution is -0.915. The van der Waals surface area contributed by atoms with Crippen molar-refractivity contribution in [1.82, 2.24) is 0 Å². The van der Waals surface area contributed by atoms with Gasteiger partial charge in [0.2, 0.25) is 5.91 Å². The molecule has 2 heterocycles. The largest absolute Gasteiger partial charge is 0.497 e. The Morgan fingerprint density at radius 3 is 2.22 bits per heavy atom. The predicted molar refractivity (Wildman–Crippen MR) is 103 cm³/mol. The van der Waals surface area contributed by atoms with Crippen LogP contribution in [0, 0.1) is 0 Å². The molecule has 140 valence electrons. The summed E-state index contributed by atoms with van der Waals surface area (Å²) in [6, 6.07) is 17.0. The highest BCUT2D eigenvalue weighted by atomic mass is 16.5. The SMILES string of the molecule is COc1ccc(N2CC[NH+]([C@H]3CC(=O)N(c4ccccc4)C3=O)CC2)cc1. The van der Waals surface area contributed by atoms with Crippen LogP contribution in [0.5, 0.6) is 5.75 Å². The van der Waals surface area contributed by atoms with E-state index in [2.05, 4.69) is 17.0 Å². The Bertz CT molecular complexity index is 814. The molecule has 2 aromatic carbocycles.